The lowest BCUT2D eigenvalue weighted by molar-refractivity contribution is -0.152. The van der Waals surface area contributed by atoms with Crippen molar-refractivity contribution < 1.29 is 34.0 Å². The number of methoxy groups -OCH3 is 1. The molecule has 2 N–H and O–H groups in total. The Morgan fingerprint density at radius 1 is 1.32 bits per heavy atom. The molecule has 6 atom stereocenters. The van der Waals surface area contributed by atoms with Gasteiger partial charge in [0.25, 0.3) is 0 Å². The van der Waals surface area contributed by atoms with Crippen LogP contribution in [0, 0.1) is 17.3 Å². The summed E-state index contributed by atoms with van der Waals surface area (Å²) in [5, 5.41) is 19.7. The molecule has 0 radical (unpaired) electrons. The number of hydrogen-bond donors (Lipinski definition) is 2. The predicted molar refractivity (Wildman–Crippen MR) is 88.6 cm³/mol. The van der Waals surface area contributed by atoms with E-state index in [9.17, 15) is 19.8 Å². The van der Waals surface area contributed by atoms with Gasteiger partial charge in [-0.25, -0.2) is 0 Å². The summed E-state index contributed by atoms with van der Waals surface area (Å²) in [4.78, 5) is 23.3. The van der Waals surface area contributed by atoms with Gasteiger partial charge in [-0.15, -0.1) is 0 Å². The van der Waals surface area contributed by atoms with Crippen LogP contribution >= 0.6 is 0 Å². The molecule has 144 valence electrons. The van der Waals surface area contributed by atoms with E-state index in [1.807, 2.05) is 13.8 Å². The highest BCUT2D eigenvalue weighted by molar-refractivity contribution is 5.72. The van der Waals surface area contributed by atoms with Crippen LogP contribution in [0.25, 0.3) is 0 Å². The predicted octanol–water partition coefficient (Wildman–Crippen LogP) is 1.05. The molecule has 1 saturated carbocycles. The lowest BCUT2D eigenvalue weighted by Crippen LogP contribution is -2.53. The van der Waals surface area contributed by atoms with Crippen molar-refractivity contribution in [2.75, 3.05) is 20.3 Å². The number of carbonyl (C=O) groups excluding carboxylic acids is 2. The van der Waals surface area contributed by atoms with Crippen molar-refractivity contribution in [3.05, 3.63) is 0 Å². The summed E-state index contributed by atoms with van der Waals surface area (Å²) in [7, 11) is 1.37. The van der Waals surface area contributed by atoms with Gasteiger partial charge in [-0.2, -0.15) is 0 Å². The third-order valence-electron chi connectivity index (χ3n) is 6.46. The molecule has 0 amide bonds. The lowest BCUT2D eigenvalue weighted by atomic mass is 9.58. The van der Waals surface area contributed by atoms with Crippen LogP contribution in [0.3, 0.4) is 0 Å². The number of hydrogen-bond acceptors (Lipinski definition) is 7. The summed E-state index contributed by atoms with van der Waals surface area (Å²) in [5.74, 6) is -1.02. The van der Waals surface area contributed by atoms with E-state index < -0.39 is 28.7 Å². The van der Waals surface area contributed by atoms with Crippen LogP contribution in [-0.4, -0.2) is 59.8 Å². The molecule has 1 heterocycles. The van der Waals surface area contributed by atoms with E-state index in [4.69, 9.17) is 14.2 Å². The molecule has 25 heavy (non-hydrogen) atoms. The third-order valence-corrected chi connectivity index (χ3v) is 6.46. The SMILES string of the molecule is COC(=O)[C@@H](C)[C@@H]1CC[C@@](C)(CO)[C@]2(C1)O[C@]2(C)[C@@H](CO)OC(C)=O. The van der Waals surface area contributed by atoms with E-state index in [0.29, 0.717) is 12.8 Å². The minimum atomic E-state index is -0.903. The average molecular weight is 358 g/mol. The highest BCUT2D eigenvalue weighted by Crippen LogP contribution is 2.67. The zero-order valence-electron chi connectivity index (χ0n) is 15.7. The van der Waals surface area contributed by atoms with Crippen molar-refractivity contribution in [3.63, 3.8) is 0 Å². The number of carbonyl (C=O) groups is 2. The van der Waals surface area contributed by atoms with Gasteiger partial charge in [0.2, 0.25) is 0 Å². The minimum absolute atomic E-state index is 0.0329. The van der Waals surface area contributed by atoms with Crippen molar-refractivity contribution in [2.24, 2.45) is 17.3 Å². The van der Waals surface area contributed by atoms with Crippen molar-refractivity contribution in [1.29, 1.82) is 0 Å². The maximum Gasteiger partial charge on any atom is 0.308 e. The molecular formula is C18H30O7. The summed E-state index contributed by atoms with van der Waals surface area (Å²) >= 11 is 0. The minimum Gasteiger partial charge on any atom is -0.469 e. The first-order valence-electron chi connectivity index (χ1n) is 8.77. The van der Waals surface area contributed by atoms with Gasteiger partial charge >= 0.3 is 11.9 Å². The molecule has 0 aromatic heterocycles. The van der Waals surface area contributed by atoms with E-state index >= 15 is 0 Å². The second kappa shape index (κ2) is 6.85. The summed E-state index contributed by atoms with van der Waals surface area (Å²) < 4.78 is 16.3. The fourth-order valence-electron chi connectivity index (χ4n) is 4.59. The fourth-order valence-corrected chi connectivity index (χ4v) is 4.59. The van der Waals surface area contributed by atoms with E-state index in [1.165, 1.54) is 14.0 Å². The maximum atomic E-state index is 11.9. The summed E-state index contributed by atoms with van der Waals surface area (Å²) in [6.45, 7) is 6.42. The van der Waals surface area contributed by atoms with Crippen LogP contribution in [0.4, 0.5) is 0 Å². The van der Waals surface area contributed by atoms with Crippen LogP contribution < -0.4 is 0 Å². The van der Waals surface area contributed by atoms with Crippen LogP contribution in [0.2, 0.25) is 0 Å². The molecule has 2 aliphatic rings. The Balaban J connectivity index is 2.31. The highest BCUT2D eigenvalue weighted by atomic mass is 16.7. The molecule has 1 saturated heterocycles. The molecule has 0 bridgehead atoms. The first-order chi connectivity index (χ1) is 11.6. The number of aliphatic hydroxyl groups is 2. The van der Waals surface area contributed by atoms with Gasteiger partial charge in [-0.05, 0) is 32.1 Å². The smallest absolute Gasteiger partial charge is 0.308 e. The van der Waals surface area contributed by atoms with Crippen molar-refractivity contribution in [2.45, 2.75) is 64.3 Å². The standard InChI is InChI=1S/C18H30O7/c1-11(15(22)23-5)13-6-7-16(3,10-20)18(8-13)17(4,25-18)14(9-19)24-12(2)21/h11,13-14,19-20H,6-10H2,1-5H3/t11-,13+,14+,16-,17+,18-/m0/s1. The molecule has 1 aliphatic heterocycles. The van der Waals surface area contributed by atoms with E-state index in [-0.39, 0.29) is 31.0 Å². The Labute approximate surface area is 148 Å². The van der Waals surface area contributed by atoms with Gasteiger partial charge in [-0.1, -0.05) is 13.8 Å². The first-order valence-corrected chi connectivity index (χ1v) is 8.77. The van der Waals surface area contributed by atoms with E-state index in [2.05, 4.69) is 0 Å². The molecule has 7 heteroatoms. The van der Waals surface area contributed by atoms with E-state index in [0.717, 1.165) is 6.42 Å². The lowest BCUT2D eigenvalue weighted by Gasteiger charge is -2.45. The normalized spacial score (nSPS) is 39.6. The number of esters is 2. The first kappa shape index (κ1) is 20.1. The molecule has 0 unspecified atom stereocenters. The average Bonchev–Trinajstić information content (AvgIpc) is 3.20. The van der Waals surface area contributed by atoms with Gasteiger partial charge in [-0.3, -0.25) is 9.59 Å². The largest absolute Gasteiger partial charge is 0.469 e. The molecule has 1 spiro atoms. The summed E-state index contributed by atoms with van der Waals surface area (Å²) in [6, 6.07) is 0. The third kappa shape index (κ3) is 3.06. The van der Waals surface area contributed by atoms with Gasteiger partial charge in [0.15, 0.2) is 6.10 Å². The summed E-state index contributed by atoms with van der Waals surface area (Å²) in [6.07, 6.45) is 1.16. The van der Waals surface area contributed by atoms with Crippen molar-refractivity contribution in [1.82, 2.24) is 0 Å². The molecular weight excluding hydrogens is 328 g/mol. The van der Waals surface area contributed by atoms with Crippen LogP contribution in [0.15, 0.2) is 0 Å². The number of ether oxygens (including phenoxy) is 3. The Morgan fingerprint density at radius 2 is 1.96 bits per heavy atom. The Morgan fingerprint density at radius 3 is 2.44 bits per heavy atom. The Kier molecular flexibility index (Phi) is 5.52. The molecule has 2 rings (SSSR count). The van der Waals surface area contributed by atoms with Gasteiger partial charge in [0.1, 0.15) is 11.2 Å². The number of aliphatic hydroxyl groups excluding tert-OH is 2. The Hall–Kier alpha value is -1.18. The van der Waals surface area contributed by atoms with Gasteiger partial charge in [0, 0.05) is 12.3 Å². The molecule has 1 aliphatic carbocycles. The maximum absolute atomic E-state index is 11.9. The van der Waals surface area contributed by atoms with Gasteiger partial charge in [0.05, 0.1) is 26.2 Å². The molecule has 0 aromatic carbocycles. The van der Waals surface area contributed by atoms with E-state index in [1.54, 1.807) is 6.92 Å². The zero-order valence-corrected chi connectivity index (χ0v) is 15.7. The second-order valence-electron chi connectivity index (χ2n) is 7.85. The highest BCUT2D eigenvalue weighted by Gasteiger charge is 2.79. The number of epoxide rings is 1. The van der Waals surface area contributed by atoms with Gasteiger partial charge < -0.3 is 24.4 Å². The molecule has 2 fully saturated rings. The molecule has 0 aromatic rings. The Bertz CT molecular complexity index is 536. The van der Waals surface area contributed by atoms with Crippen LogP contribution in [-0.2, 0) is 23.8 Å². The van der Waals surface area contributed by atoms with Crippen LogP contribution in [0.5, 0.6) is 0 Å². The van der Waals surface area contributed by atoms with Crippen molar-refractivity contribution in [3.8, 4) is 0 Å². The van der Waals surface area contributed by atoms with Crippen molar-refractivity contribution >= 4 is 11.9 Å². The monoisotopic (exact) mass is 358 g/mol. The zero-order chi connectivity index (χ0) is 19.0. The fraction of sp³-hybridized carbons (Fsp3) is 0.889. The quantitative estimate of drug-likeness (QED) is 0.540. The molecule has 7 nitrogen and oxygen atoms in total. The second-order valence-corrected chi connectivity index (χ2v) is 7.85. The van der Waals surface area contributed by atoms with Crippen LogP contribution in [0.1, 0.15) is 47.0 Å². The topological polar surface area (TPSA) is 106 Å². The summed E-state index contributed by atoms with van der Waals surface area (Å²) in [5.41, 5.74) is -2.20. The number of rotatable bonds is 6.